The summed E-state index contributed by atoms with van der Waals surface area (Å²) in [5.41, 5.74) is 0.795. The Morgan fingerprint density at radius 3 is 2.67 bits per heavy atom. The largest absolute Gasteiger partial charge is 0.317 e. The van der Waals surface area contributed by atoms with Crippen molar-refractivity contribution in [2.75, 3.05) is 13.1 Å². The average Bonchev–Trinajstić information content (AvgIpc) is 2.31. The van der Waals surface area contributed by atoms with Crippen molar-refractivity contribution in [1.82, 2.24) is 10.3 Å². The minimum Gasteiger partial charge on any atom is -0.317 e. The Bertz CT molecular complexity index is 318. The van der Waals surface area contributed by atoms with Crippen molar-refractivity contribution in [3.63, 3.8) is 0 Å². The maximum atomic E-state index is 11.9. The molecule has 1 aliphatic heterocycles. The molecule has 1 N–H and O–H groups in total. The fraction of sp³-hybridized carbons (Fsp3) is 0.500. The van der Waals surface area contributed by atoms with Crippen LogP contribution in [0.25, 0.3) is 0 Å². The molecule has 0 bridgehead atoms. The van der Waals surface area contributed by atoms with Gasteiger partial charge in [-0.25, -0.2) is 0 Å². The highest BCUT2D eigenvalue weighted by Gasteiger charge is 2.17. The third-order valence-corrected chi connectivity index (χ3v) is 2.94. The van der Waals surface area contributed by atoms with Gasteiger partial charge in [0, 0.05) is 24.4 Å². The van der Waals surface area contributed by atoms with Crippen molar-refractivity contribution in [2.24, 2.45) is 5.92 Å². The van der Waals surface area contributed by atoms with Gasteiger partial charge in [0.25, 0.3) is 0 Å². The molecule has 1 aromatic heterocycles. The summed E-state index contributed by atoms with van der Waals surface area (Å²) in [4.78, 5) is 15.8. The Labute approximate surface area is 89.9 Å². The summed E-state index contributed by atoms with van der Waals surface area (Å²) < 4.78 is 0. The van der Waals surface area contributed by atoms with Crippen molar-refractivity contribution < 1.29 is 4.79 Å². The quantitative estimate of drug-likeness (QED) is 0.761. The molecule has 0 radical (unpaired) electrons. The average molecular weight is 204 g/mol. The van der Waals surface area contributed by atoms with Crippen LogP contribution in [-0.2, 0) is 0 Å². The first kappa shape index (κ1) is 10.3. The molecule has 1 aromatic rings. The fourth-order valence-electron chi connectivity index (χ4n) is 2.00. The minimum absolute atomic E-state index is 0.254. The van der Waals surface area contributed by atoms with Gasteiger partial charge in [-0.3, -0.25) is 9.78 Å². The van der Waals surface area contributed by atoms with Crippen LogP contribution in [0.5, 0.6) is 0 Å². The number of carbonyl (C=O) groups is 1. The number of hydrogen-bond acceptors (Lipinski definition) is 3. The molecule has 80 valence electrons. The van der Waals surface area contributed by atoms with Gasteiger partial charge in [0.1, 0.15) is 0 Å². The zero-order chi connectivity index (χ0) is 10.5. The molecule has 15 heavy (non-hydrogen) atoms. The van der Waals surface area contributed by atoms with Gasteiger partial charge in [0.05, 0.1) is 0 Å². The predicted octanol–water partition coefficient (Wildman–Crippen LogP) is 1.65. The molecule has 0 saturated carbocycles. The summed E-state index contributed by atoms with van der Waals surface area (Å²) >= 11 is 0. The SMILES string of the molecule is O=C(CC1CCNCC1)c1ccncc1. The number of hydrogen-bond donors (Lipinski definition) is 1. The summed E-state index contributed by atoms with van der Waals surface area (Å²) in [5.74, 6) is 0.816. The fourth-order valence-corrected chi connectivity index (χ4v) is 2.00. The summed E-state index contributed by atoms with van der Waals surface area (Å²) in [6, 6.07) is 3.59. The number of carbonyl (C=O) groups excluding carboxylic acids is 1. The number of nitrogens with zero attached hydrogens (tertiary/aromatic N) is 1. The molecule has 1 saturated heterocycles. The molecule has 3 nitrogen and oxygen atoms in total. The highest BCUT2D eigenvalue weighted by Crippen LogP contribution is 2.18. The van der Waals surface area contributed by atoms with E-state index in [1.165, 1.54) is 0 Å². The van der Waals surface area contributed by atoms with E-state index in [0.717, 1.165) is 31.5 Å². The molecule has 2 heterocycles. The third-order valence-electron chi connectivity index (χ3n) is 2.94. The van der Waals surface area contributed by atoms with Gasteiger partial charge in [-0.05, 0) is 44.0 Å². The molecular formula is C12H16N2O. The van der Waals surface area contributed by atoms with Crippen LogP contribution in [0.4, 0.5) is 0 Å². The monoisotopic (exact) mass is 204 g/mol. The van der Waals surface area contributed by atoms with Gasteiger partial charge in [-0.2, -0.15) is 0 Å². The number of ketones is 1. The smallest absolute Gasteiger partial charge is 0.163 e. The van der Waals surface area contributed by atoms with Crippen molar-refractivity contribution in [3.05, 3.63) is 30.1 Å². The summed E-state index contributed by atoms with van der Waals surface area (Å²) in [5, 5.41) is 3.31. The normalized spacial score (nSPS) is 17.6. The molecule has 0 spiro atoms. The second kappa shape index (κ2) is 5.03. The predicted molar refractivity (Wildman–Crippen MR) is 58.8 cm³/mol. The van der Waals surface area contributed by atoms with E-state index < -0.39 is 0 Å². The van der Waals surface area contributed by atoms with Crippen molar-refractivity contribution in [2.45, 2.75) is 19.3 Å². The van der Waals surface area contributed by atoms with E-state index in [1.54, 1.807) is 24.5 Å². The lowest BCUT2D eigenvalue weighted by Crippen LogP contribution is -2.28. The molecular weight excluding hydrogens is 188 g/mol. The van der Waals surface area contributed by atoms with Gasteiger partial charge in [0.2, 0.25) is 0 Å². The van der Waals surface area contributed by atoms with Crippen molar-refractivity contribution in [1.29, 1.82) is 0 Å². The van der Waals surface area contributed by atoms with E-state index in [0.29, 0.717) is 12.3 Å². The second-order valence-electron chi connectivity index (χ2n) is 4.06. The standard InChI is InChI=1S/C12H16N2O/c15-12(11-3-7-14-8-4-11)9-10-1-5-13-6-2-10/h3-4,7-8,10,13H,1-2,5-6,9H2. The van der Waals surface area contributed by atoms with Crippen LogP contribution in [-0.4, -0.2) is 23.9 Å². The van der Waals surface area contributed by atoms with Crippen molar-refractivity contribution in [3.8, 4) is 0 Å². The van der Waals surface area contributed by atoms with E-state index in [2.05, 4.69) is 10.3 Å². The van der Waals surface area contributed by atoms with Gasteiger partial charge in [0.15, 0.2) is 5.78 Å². The van der Waals surface area contributed by atoms with E-state index in [-0.39, 0.29) is 5.78 Å². The number of nitrogens with one attached hydrogen (secondary N) is 1. The van der Waals surface area contributed by atoms with Gasteiger partial charge >= 0.3 is 0 Å². The Morgan fingerprint density at radius 2 is 2.00 bits per heavy atom. The molecule has 0 aromatic carbocycles. The van der Waals surface area contributed by atoms with Crippen LogP contribution in [0.1, 0.15) is 29.6 Å². The first-order valence-corrected chi connectivity index (χ1v) is 5.50. The Kier molecular flexibility index (Phi) is 3.45. The summed E-state index contributed by atoms with van der Waals surface area (Å²) in [6.07, 6.45) is 6.28. The van der Waals surface area contributed by atoms with Crippen LogP contribution in [0.2, 0.25) is 0 Å². The van der Waals surface area contributed by atoms with E-state index in [1.807, 2.05) is 0 Å². The number of Topliss-reactive ketones (excluding diaryl/α,β-unsaturated/α-hetero) is 1. The van der Waals surface area contributed by atoms with Gasteiger partial charge in [-0.15, -0.1) is 0 Å². The Hall–Kier alpha value is -1.22. The molecule has 0 atom stereocenters. The number of pyridine rings is 1. The minimum atomic E-state index is 0.254. The molecule has 2 rings (SSSR count). The molecule has 0 unspecified atom stereocenters. The van der Waals surface area contributed by atoms with E-state index >= 15 is 0 Å². The topological polar surface area (TPSA) is 42.0 Å². The van der Waals surface area contributed by atoms with Gasteiger partial charge in [-0.1, -0.05) is 0 Å². The second-order valence-corrected chi connectivity index (χ2v) is 4.06. The maximum absolute atomic E-state index is 11.9. The first-order chi connectivity index (χ1) is 7.36. The lowest BCUT2D eigenvalue weighted by atomic mass is 9.91. The maximum Gasteiger partial charge on any atom is 0.163 e. The zero-order valence-corrected chi connectivity index (χ0v) is 8.78. The molecule has 1 aliphatic rings. The van der Waals surface area contributed by atoms with Crippen molar-refractivity contribution >= 4 is 5.78 Å². The van der Waals surface area contributed by atoms with Crippen LogP contribution in [0.15, 0.2) is 24.5 Å². The molecule has 0 amide bonds. The Morgan fingerprint density at radius 1 is 1.33 bits per heavy atom. The number of piperidine rings is 1. The van der Waals surface area contributed by atoms with Gasteiger partial charge < -0.3 is 5.32 Å². The van der Waals surface area contributed by atoms with Crippen LogP contribution < -0.4 is 5.32 Å². The zero-order valence-electron chi connectivity index (χ0n) is 8.78. The summed E-state index contributed by atoms with van der Waals surface area (Å²) in [7, 11) is 0. The molecule has 3 heteroatoms. The highest BCUT2D eigenvalue weighted by molar-refractivity contribution is 5.96. The number of aromatic nitrogens is 1. The van der Waals surface area contributed by atoms with E-state index in [9.17, 15) is 4.79 Å². The molecule has 1 fully saturated rings. The lowest BCUT2D eigenvalue weighted by molar-refractivity contribution is 0.0952. The highest BCUT2D eigenvalue weighted by atomic mass is 16.1. The van der Waals surface area contributed by atoms with Crippen LogP contribution in [0.3, 0.4) is 0 Å². The number of rotatable bonds is 3. The van der Waals surface area contributed by atoms with E-state index in [4.69, 9.17) is 0 Å². The first-order valence-electron chi connectivity index (χ1n) is 5.50. The van der Waals surface area contributed by atoms with Crippen LogP contribution in [0, 0.1) is 5.92 Å². The summed E-state index contributed by atoms with van der Waals surface area (Å²) in [6.45, 7) is 2.10. The molecule has 0 aliphatic carbocycles. The van der Waals surface area contributed by atoms with Crippen LogP contribution >= 0.6 is 0 Å². The third kappa shape index (κ3) is 2.86. The Balaban J connectivity index is 1.91. The lowest BCUT2D eigenvalue weighted by Gasteiger charge is -2.21.